The summed E-state index contributed by atoms with van der Waals surface area (Å²) in [5.74, 6) is -0.743. The van der Waals surface area contributed by atoms with Crippen molar-refractivity contribution in [2.24, 2.45) is 0 Å². The third kappa shape index (κ3) is 4.96. The Balaban J connectivity index is 1.48. The molecular weight excluding hydrogens is 470 g/mol. The van der Waals surface area contributed by atoms with E-state index in [9.17, 15) is 13.2 Å². The van der Waals surface area contributed by atoms with E-state index in [-0.39, 0.29) is 4.90 Å². The number of carbonyl (C=O) groups is 1. The first-order chi connectivity index (χ1) is 17.4. The van der Waals surface area contributed by atoms with Crippen LogP contribution in [0.15, 0.2) is 114 Å². The van der Waals surface area contributed by atoms with Gasteiger partial charge in [-0.1, -0.05) is 72.3 Å². The molecule has 0 aliphatic rings. The Bertz CT molecular complexity index is 1690. The fraction of sp³-hybridized carbons (Fsp3) is 0.0345. The van der Waals surface area contributed by atoms with Gasteiger partial charge in [0.1, 0.15) is 0 Å². The molecule has 1 aromatic heterocycles. The zero-order valence-electron chi connectivity index (χ0n) is 19.5. The molecule has 0 bridgehead atoms. The molecule has 0 unspecified atom stereocenters. The van der Waals surface area contributed by atoms with Gasteiger partial charge in [0.15, 0.2) is 0 Å². The molecular formula is C29H23N3O3S. The number of nitrogens with zero attached hydrogens (tertiary/aromatic N) is 2. The number of fused-ring (bicyclic) bond motifs is 1. The van der Waals surface area contributed by atoms with Crippen molar-refractivity contribution in [3.63, 3.8) is 0 Å². The minimum Gasteiger partial charge on any atom is -0.269 e. The summed E-state index contributed by atoms with van der Waals surface area (Å²) < 4.78 is 29.0. The van der Waals surface area contributed by atoms with Crippen molar-refractivity contribution in [2.75, 3.05) is 0 Å². The lowest BCUT2D eigenvalue weighted by Gasteiger charge is -2.05. The normalized spacial score (nSPS) is 11.7. The van der Waals surface area contributed by atoms with E-state index in [1.165, 1.54) is 18.2 Å². The Morgan fingerprint density at radius 3 is 2.31 bits per heavy atom. The molecule has 178 valence electrons. The second-order valence-electron chi connectivity index (χ2n) is 8.39. The van der Waals surface area contributed by atoms with Crippen molar-refractivity contribution in [3.05, 3.63) is 120 Å². The van der Waals surface area contributed by atoms with Gasteiger partial charge in [-0.15, -0.1) is 0 Å². The van der Waals surface area contributed by atoms with Crippen LogP contribution in [0, 0.1) is 6.92 Å². The largest absolute Gasteiger partial charge is 0.269 e. The smallest absolute Gasteiger partial charge is 0.264 e. The summed E-state index contributed by atoms with van der Waals surface area (Å²) in [5.41, 5.74) is 4.03. The van der Waals surface area contributed by atoms with Gasteiger partial charge < -0.3 is 0 Å². The summed E-state index contributed by atoms with van der Waals surface area (Å²) in [5, 5.41) is 6.96. The Morgan fingerprint density at radius 1 is 0.861 bits per heavy atom. The minimum absolute atomic E-state index is 0.0311. The van der Waals surface area contributed by atoms with Crippen LogP contribution in [-0.2, 0) is 14.8 Å². The van der Waals surface area contributed by atoms with Crippen LogP contribution in [0.2, 0.25) is 0 Å². The maximum absolute atomic E-state index is 12.6. The van der Waals surface area contributed by atoms with Crippen LogP contribution in [-0.4, -0.2) is 24.1 Å². The molecule has 0 aliphatic heterocycles. The van der Waals surface area contributed by atoms with Crippen LogP contribution in [0.5, 0.6) is 0 Å². The number of sulfonamides is 1. The van der Waals surface area contributed by atoms with Crippen LogP contribution >= 0.6 is 0 Å². The SMILES string of the molecule is Cc1ccc(S(=O)(=O)NC(=O)/C=C/c2cn(-c3ccccc3)nc2-c2ccc3ccccc3c2)cc1. The van der Waals surface area contributed by atoms with Gasteiger partial charge in [-0.25, -0.2) is 17.8 Å². The van der Waals surface area contributed by atoms with E-state index < -0.39 is 15.9 Å². The molecule has 5 rings (SSSR count). The van der Waals surface area contributed by atoms with E-state index in [1.807, 2.05) is 85.9 Å². The van der Waals surface area contributed by atoms with Gasteiger partial charge in [0, 0.05) is 23.4 Å². The highest BCUT2D eigenvalue weighted by Crippen LogP contribution is 2.28. The van der Waals surface area contributed by atoms with Crippen LogP contribution in [0.3, 0.4) is 0 Å². The Morgan fingerprint density at radius 2 is 1.56 bits per heavy atom. The lowest BCUT2D eigenvalue weighted by Crippen LogP contribution is -2.28. The van der Waals surface area contributed by atoms with E-state index in [4.69, 9.17) is 5.10 Å². The Labute approximate surface area is 209 Å². The molecule has 7 heteroatoms. The van der Waals surface area contributed by atoms with Gasteiger partial charge >= 0.3 is 0 Å². The number of carbonyl (C=O) groups excluding carboxylic acids is 1. The molecule has 0 radical (unpaired) electrons. The summed E-state index contributed by atoms with van der Waals surface area (Å²) in [4.78, 5) is 12.6. The van der Waals surface area contributed by atoms with Gasteiger partial charge in [-0.2, -0.15) is 5.10 Å². The minimum atomic E-state index is -3.98. The standard InChI is InChI=1S/C29H23N3O3S/c1-21-11-16-27(17-12-21)36(34,35)31-28(33)18-15-25-20-32(26-9-3-2-4-10-26)30-29(25)24-14-13-22-7-5-6-8-23(22)19-24/h2-20H,1H3,(H,31,33)/b18-15+. The third-order valence-electron chi connectivity index (χ3n) is 5.77. The third-order valence-corrected chi connectivity index (χ3v) is 7.13. The summed E-state index contributed by atoms with van der Waals surface area (Å²) in [6, 6.07) is 30.1. The number of rotatable bonds is 6. The van der Waals surface area contributed by atoms with Gasteiger partial charge in [0.25, 0.3) is 15.9 Å². The highest BCUT2D eigenvalue weighted by atomic mass is 32.2. The van der Waals surface area contributed by atoms with Crippen LogP contribution < -0.4 is 4.72 Å². The van der Waals surface area contributed by atoms with Crippen molar-refractivity contribution in [2.45, 2.75) is 11.8 Å². The van der Waals surface area contributed by atoms with Crippen LogP contribution in [0.4, 0.5) is 0 Å². The summed E-state index contributed by atoms with van der Waals surface area (Å²) in [6.07, 6.45) is 4.61. The zero-order valence-corrected chi connectivity index (χ0v) is 20.3. The Hall–Kier alpha value is -4.49. The first kappa shape index (κ1) is 23.3. The van der Waals surface area contributed by atoms with Crippen molar-refractivity contribution in [1.29, 1.82) is 0 Å². The number of benzene rings is 4. The van der Waals surface area contributed by atoms with E-state index in [0.29, 0.717) is 11.3 Å². The number of hydrogen-bond donors (Lipinski definition) is 1. The first-order valence-electron chi connectivity index (χ1n) is 11.3. The maximum atomic E-state index is 12.6. The average Bonchev–Trinajstić information content (AvgIpc) is 3.32. The van der Waals surface area contributed by atoms with Gasteiger partial charge in [-0.3, -0.25) is 4.79 Å². The monoisotopic (exact) mass is 493 g/mol. The van der Waals surface area contributed by atoms with Crippen molar-refractivity contribution in [3.8, 4) is 16.9 Å². The van der Waals surface area contributed by atoms with Gasteiger partial charge in [0.2, 0.25) is 0 Å². The van der Waals surface area contributed by atoms with Crippen LogP contribution in [0.1, 0.15) is 11.1 Å². The molecule has 0 aliphatic carbocycles. The molecule has 0 atom stereocenters. The van der Waals surface area contributed by atoms with E-state index >= 15 is 0 Å². The predicted octanol–water partition coefficient (Wildman–Crippen LogP) is 5.52. The van der Waals surface area contributed by atoms with Crippen molar-refractivity contribution < 1.29 is 13.2 Å². The second-order valence-corrected chi connectivity index (χ2v) is 10.1. The molecule has 1 N–H and O–H groups in total. The second kappa shape index (κ2) is 9.64. The van der Waals surface area contributed by atoms with Crippen molar-refractivity contribution >= 4 is 32.8 Å². The summed E-state index contributed by atoms with van der Waals surface area (Å²) in [7, 11) is -3.98. The summed E-state index contributed by atoms with van der Waals surface area (Å²) >= 11 is 0. The molecule has 0 saturated heterocycles. The lowest BCUT2D eigenvalue weighted by molar-refractivity contribution is -0.114. The van der Waals surface area contributed by atoms with E-state index in [1.54, 1.807) is 22.9 Å². The highest BCUT2D eigenvalue weighted by Gasteiger charge is 2.17. The molecule has 36 heavy (non-hydrogen) atoms. The maximum Gasteiger partial charge on any atom is 0.264 e. The number of aryl methyl sites for hydroxylation is 1. The predicted molar refractivity (Wildman–Crippen MR) is 142 cm³/mol. The summed E-state index contributed by atoms with van der Waals surface area (Å²) in [6.45, 7) is 1.86. The molecule has 5 aromatic rings. The molecule has 0 saturated carbocycles. The van der Waals surface area contributed by atoms with Crippen molar-refractivity contribution in [1.82, 2.24) is 14.5 Å². The van der Waals surface area contributed by atoms with E-state index in [2.05, 4.69) is 4.72 Å². The van der Waals surface area contributed by atoms with Gasteiger partial charge in [-0.05, 0) is 54.1 Å². The topological polar surface area (TPSA) is 81.1 Å². The lowest BCUT2D eigenvalue weighted by atomic mass is 10.0. The quantitative estimate of drug-likeness (QED) is 0.316. The number of para-hydroxylation sites is 1. The van der Waals surface area contributed by atoms with E-state index in [0.717, 1.165) is 27.6 Å². The van der Waals surface area contributed by atoms with Gasteiger partial charge in [0.05, 0.1) is 16.3 Å². The van der Waals surface area contributed by atoms with Crippen LogP contribution in [0.25, 0.3) is 33.8 Å². The number of nitrogens with one attached hydrogen (secondary N) is 1. The zero-order chi connectivity index (χ0) is 25.1. The highest BCUT2D eigenvalue weighted by molar-refractivity contribution is 7.90. The fourth-order valence-corrected chi connectivity index (χ4v) is 4.84. The number of aromatic nitrogens is 2. The Kier molecular flexibility index (Phi) is 6.23. The average molecular weight is 494 g/mol. The molecule has 0 spiro atoms. The molecule has 1 heterocycles. The fourth-order valence-electron chi connectivity index (χ4n) is 3.89. The number of hydrogen-bond acceptors (Lipinski definition) is 4. The first-order valence-corrected chi connectivity index (χ1v) is 12.8. The molecule has 6 nitrogen and oxygen atoms in total. The molecule has 4 aromatic carbocycles. The molecule has 0 fully saturated rings. The molecule has 1 amide bonds. The number of amides is 1.